The first-order valence-corrected chi connectivity index (χ1v) is 10.7. The van der Waals surface area contributed by atoms with E-state index in [2.05, 4.69) is 5.32 Å². The van der Waals surface area contributed by atoms with E-state index in [-0.39, 0.29) is 11.8 Å². The normalized spacial score (nSPS) is 19.3. The first kappa shape index (κ1) is 19.7. The average Bonchev–Trinajstić information content (AvgIpc) is 2.51. The zero-order valence-electron chi connectivity index (χ0n) is 15.4. The highest BCUT2D eigenvalue weighted by molar-refractivity contribution is 7.89. The summed E-state index contributed by atoms with van der Waals surface area (Å²) >= 11 is 0. The van der Waals surface area contributed by atoms with E-state index in [4.69, 9.17) is 0 Å². The molecule has 0 aliphatic carbocycles. The third-order valence-corrected chi connectivity index (χ3v) is 5.76. The second-order valence-electron chi connectivity index (χ2n) is 7.86. The zero-order chi connectivity index (χ0) is 20.0. The molecule has 2 aromatic rings. The lowest BCUT2D eigenvalue weighted by atomic mass is 9.73. The molecule has 2 aromatic carbocycles. The molecule has 1 atom stereocenters. The van der Waals surface area contributed by atoms with Gasteiger partial charge in [0.25, 0.3) is 0 Å². The quantitative estimate of drug-likeness (QED) is 0.785. The van der Waals surface area contributed by atoms with Crippen molar-refractivity contribution >= 4 is 15.5 Å². The number of benzene rings is 2. The molecule has 3 rings (SSSR count). The Bertz CT molecular complexity index is 965. The van der Waals surface area contributed by atoms with Crippen LogP contribution in [0.15, 0.2) is 42.5 Å². The standard InChI is InChI=1S/C20H22F3NO2S/c1-19(2)11-18(14-6-4-5-13(9-14)12-27(3,25)26)24-17-8-7-15(10-16(17)19)20(21,22)23/h4-10,18,24H,11-12H2,1-3H3. The van der Waals surface area contributed by atoms with E-state index in [9.17, 15) is 21.6 Å². The molecular weight excluding hydrogens is 375 g/mol. The van der Waals surface area contributed by atoms with Crippen molar-refractivity contribution in [1.82, 2.24) is 0 Å². The zero-order valence-corrected chi connectivity index (χ0v) is 16.2. The number of nitrogens with one attached hydrogen (secondary N) is 1. The lowest BCUT2D eigenvalue weighted by Crippen LogP contribution is -2.31. The van der Waals surface area contributed by atoms with E-state index in [1.54, 1.807) is 6.07 Å². The maximum absolute atomic E-state index is 13.1. The van der Waals surface area contributed by atoms with Gasteiger partial charge < -0.3 is 5.32 Å². The van der Waals surface area contributed by atoms with Crippen LogP contribution in [0.3, 0.4) is 0 Å². The Balaban J connectivity index is 1.95. The maximum atomic E-state index is 13.1. The number of halogens is 3. The minimum atomic E-state index is -4.37. The fourth-order valence-corrected chi connectivity index (χ4v) is 4.45. The van der Waals surface area contributed by atoms with Gasteiger partial charge in [0, 0.05) is 11.9 Å². The molecule has 0 bridgehead atoms. The highest BCUT2D eigenvalue weighted by Gasteiger charge is 2.37. The third-order valence-electron chi connectivity index (χ3n) is 4.90. The first-order valence-electron chi connectivity index (χ1n) is 8.60. The van der Waals surface area contributed by atoms with Gasteiger partial charge in [0.05, 0.1) is 17.4 Å². The molecule has 0 aromatic heterocycles. The number of fused-ring (bicyclic) bond motifs is 1. The summed E-state index contributed by atoms with van der Waals surface area (Å²) in [6.07, 6.45) is -2.58. The van der Waals surface area contributed by atoms with Gasteiger partial charge in [0.2, 0.25) is 0 Å². The van der Waals surface area contributed by atoms with Gasteiger partial charge in [-0.3, -0.25) is 0 Å². The van der Waals surface area contributed by atoms with Gasteiger partial charge in [-0.25, -0.2) is 8.42 Å². The van der Waals surface area contributed by atoms with Gasteiger partial charge in [-0.1, -0.05) is 38.1 Å². The van der Waals surface area contributed by atoms with E-state index in [0.717, 1.165) is 11.6 Å². The van der Waals surface area contributed by atoms with Crippen molar-refractivity contribution in [1.29, 1.82) is 0 Å². The van der Waals surface area contributed by atoms with Crippen LogP contribution in [0.5, 0.6) is 0 Å². The summed E-state index contributed by atoms with van der Waals surface area (Å²) in [6.45, 7) is 3.86. The van der Waals surface area contributed by atoms with Crippen molar-refractivity contribution in [3.8, 4) is 0 Å². The smallest absolute Gasteiger partial charge is 0.378 e. The Morgan fingerprint density at radius 1 is 1.15 bits per heavy atom. The summed E-state index contributed by atoms with van der Waals surface area (Å²) < 4.78 is 62.3. The van der Waals surface area contributed by atoms with E-state index >= 15 is 0 Å². The molecule has 0 radical (unpaired) electrons. The molecule has 0 fully saturated rings. The van der Waals surface area contributed by atoms with Crippen LogP contribution in [0.1, 0.15) is 48.6 Å². The van der Waals surface area contributed by atoms with Crippen LogP contribution in [-0.2, 0) is 27.2 Å². The highest BCUT2D eigenvalue weighted by atomic mass is 32.2. The van der Waals surface area contributed by atoms with Crippen LogP contribution >= 0.6 is 0 Å². The summed E-state index contributed by atoms with van der Waals surface area (Å²) in [5.74, 6) is -0.0392. The molecule has 1 N–H and O–H groups in total. The van der Waals surface area contributed by atoms with E-state index < -0.39 is 27.0 Å². The summed E-state index contributed by atoms with van der Waals surface area (Å²) in [4.78, 5) is 0. The van der Waals surface area contributed by atoms with Gasteiger partial charge in [0.1, 0.15) is 0 Å². The molecule has 1 unspecified atom stereocenters. The molecule has 0 amide bonds. The molecule has 1 aliphatic heterocycles. The van der Waals surface area contributed by atoms with E-state index in [0.29, 0.717) is 23.2 Å². The largest absolute Gasteiger partial charge is 0.416 e. The Morgan fingerprint density at radius 2 is 1.85 bits per heavy atom. The van der Waals surface area contributed by atoms with Crippen LogP contribution in [0.25, 0.3) is 0 Å². The molecule has 1 heterocycles. The number of anilines is 1. The Kier molecular flexibility index (Phi) is 4.78. The second-order valence-corrected chi connectivity index (χ2v) is 10.00. The van der Waals surface area contributed by atoms with Gasteiger partial charge in [-0.2, -0.15) is 13.2 Å². The van der Waals surface area contributed by atoms with Gasteiger partial charge >= 0.3 is 6.18 Å². The minimum Gasteiger partial charge on any atom is -0.378 e. The van der Waals surface area contributed by atoms with Gasteiger partial charge in [0.15, 0.2) is 9.84 Å². The summed E-state index contributed by atoms with van der Waals surface area (Å²) in [5, 5.41) is 3.32. The molecule has 146 valence electrons. The number of rotatable bonds is 3. The van der Waals surface area contributed by atoms with E-state index in [1.165, 1.54) is 18.4 Å². The van der Waals surface area contributed by atoms with Crippen molar-refractivity contribution in [3.63, 3.8) is 0 Å². The molecule has 0 saturated carbocycles. The molecule has 27 heavy (non-hydrogen) atoms. The Morgan fingerprint density at radius 3 is 2.48 bits per heavy atom. The predicted molar refractivity (Wildman–Crippen MR) is 100 cm³/mol. The molecule has 1 aliphatic rings. The second kappa shape index (κ2) is 6.55. The average molecular weight is 397 g/mol. The van der Waals surface area contributed by atoms with Crippen molar-refractivity contribution in [3.05, 3.63) is 64.7 Å². The number of hydrogen-bond donors (Lipinski definition) is 1. The summed E-state index contributed by atoms with van der Waals surface area (Å²) in [5.41, 5.74) is 1.84. The fraction of sp³-hybridized carbons (Fsp3) is 0.400. The predicted octanol–water partition coefficient (Wildman–Crippen LogP) is 5.08. The molecule has 3 nitrogen and oxygen atoms in total. The van der Waals surface area contributed by atoms with Crippen LogP contribution in [-0.4, -0.2) is 14.7 Å². The van der Waals surface area contributed by atoms with Crippen molar-refractivity contribution in [2.45, 2.75) is 43.7 Å². The number of hydrogen-bond acceptors (Lipinski definition) is 3. The monoisotopic (exact) mass is 397 g/mol. The molecular formula is C20H22F3NO2S. The van der Waals surface area contributed by atoms with Crippen molar-refractivity contribution < 1.29 is 21.6 Å². The fourth-order valence-electron chi connectivity index (χ4n) is 3.67. The van der Waals surface area contributed by atoms with E-state index in [1.807, 2.05) is 32.0 Å². The Hall–Kier alpha value is -2.02. The maximum Gasteiger partial charge on any atom is 0.416 e. The first-order chi connectivity index (χ1) is 12.4. The lowest BCUT2D eigenvalue weighted by molar-refractivity contribution is -0.137. The van der Waals surface area contributed by atoms with Crippen LogP contribution in [0, 0.1) is 0 Å². The summed E-state index contributed by atoms with van der Waals surface area (Å²) in [7, 11) is -3.14. The lowest BCUT2D eigenvalue weighted by Gasteiger charge is -2.39. The number of alkyl halides is 3. The van der Waals surface area contributed by atoms with Gasteiger partial charge in [-0.05, 0) is 46.7 Å². The van der Waals surface area contributed by atoms with Crippen molar-refractivity contribution in [2.75, 3.05) is 11.6 Å². The highest BCUT2D eigenvalue weighted by Crippen LogP contribution is 2.46. The van der Waals surface area contributed by atoms with Crippen molar-refractivity contribution in [2.24, 2.45) is 0 Å². The number of sulfone groups is 1. The molecule has 7 heteroatoms. The minimum absolute atomic E-state index is 0.0392. The SMILES string of the molecule is CC1(C)CC(c2cccc(CS(C)(=O)=O)c2)Nc2ccc(C(F)(F)F)cc21. The third kappa shape index (κ3) is 4.46. The van der Waals surface area contributed by atoms with Crippen LogP contribution < -0.4 is 5.32 Å². The summed E-state index contributed by atoms with van der Waals surface area (Å²) in [6, 6.07) is 11.0. The topological polar surface area (TPSA) is 46.2 Å². The molecule has 0 saturated heterocycles. The van der Waals surface area contributed by atoms with Crippen LogP contribution in [0.2, 0.25) is 0 Å². The van der Waals surface area contributed by atoms with Crippen LogP contribution in [0.4, 0.5) is 18.9 Å². The Labute approximate surface area is 157 Å². The van der Waals surface area contributed by atoms with Gasteiger partial charge in [-0.15, -0.1) is 0 Å². The molecule has 0 spiro atoms.